The first-order chi connectivity index (χ1) is 13.2. The van der Waals surface area contributed by atoms with Crippen LogP contribution in [0.3, 0.4) is 0 Å². The van der Waals surface area contributed by atoms with E-state index in [2.05, 4.69) is 10.2 Å². The Labute approximate surface area is 158 Å². The van der Waals surface area contributed by atoms with Gasteiger partial charge in [-0.25, -0.2) is 0 Å². The fourth-order valence-electron chi connectivity index (χ4n) is 3.58. The summed E-state index contributed by atoms with van der Waals surface area (Å²) in [6.07, 6.45) is 1.37. The lowest BCUT2D eigenvalue weighted by molar-refractivity contribution is -0.117. The number of nitrogens with zero attached hydrogens (tertiary/aromatic N) is 2. The fourth-order valence-corrected chi connectivity index (χ4v) is 3.58. The van der Waals surface area contributed by atoms with E-state index in [-0.39, 0.29) is 11.8 Å². The minimum atomic E-state index is -0.204. The van der Waals surface area contributed by atoms with Crippen molar-refractivity contribution in [3.8, 4) is 0 Å². The number of amides is 2. The number of hydrogen-bond donors (Lipinski definition) is 1. The topological polar surface area (TPSA) is 61.9 Å². The van der Waals surface area contributed by atoms with Gasteiger partial charge in [-0.15, -0.1) is 0 Å². The van der Waals surface area contributed by atoms with Gasteiger partial charge in [0.05, 0.1) is 24.5 Å². The number of carbonyl (C=O) groups is 2. The van der Waals surface area contributed by atoms with Crippen molar-refractivity contribution in [1.29, 1.82) is 0 Å². The van der Waals surface area contributed by atoms with Gasteiger partial charge in [0.15, 0.2) is 0 Å². The summed E-state index contributed by atoms with van der Waals surface area (Å²) >= 11 is 0. The number of para-hydroxylation sites is 1. The van der Waals surface area contributed by atoms with E-state index < -0.39 is 0 Å². The van der Waals surface area contributed by atoms with Gasteiger partial charge in [-0.3, -0.25) is 9.59 Å². The predicted molar refractivity (Wildman–Crippen MR) is 105 cm³/mol. The Morgan fingerprint density at radius 3 is 2.41 bits per heavy atom. The number of morpholine rings is 1. The highest BCUT2D eigenvalue weighted by Gasteiger charge is 2.25. The monoisotopic (exact) mass is 365 g/mol. The Kier molecular flexibility index (Phi) is 5.07. The van der Waals surface area contributed by atoms with Crippen LogP contribution in [0, 0.1) is 0 Å². The Balaban J connectivity index is 1.49. The van der Waals surface area contributed by atoms with Gasteiger partial charge in [0.2, 0.25) is 5.91 Å². The van der Waals surface area contributed by atoms with Crippen LogP contribution < -0.4 is 15.1 Å². The van der Waals surface area contributed by atoms with Crippen LogP contribution in [0.2, 0.25) is 0 Å². The van der Waals surface area contributed by atoms with Crippen molar-refractivity contribution < 1.29 is 14.3 Å². The van der Waals surface area contributed by atoms with Crippen LogP contribution in [0.4, 0.5) is 17.1 Å². The highest BCUT2D eigenvalue weighted by atomic mass is 16.5. The summed E-state index contributed by atoms with van der Waals surface area (Å²) in [6.45, 7) is 3.90. The molecule has 0 atom stereocenters. The normalized spacial score (nSPS) is 17.3. The average molecular weight is 365 g/mol. The second-order valence-electron chi connectivity index (χ2n) is 6.77. The maximum Gasteiger partial charge on any atom is 0.257 e. The van der Waals surface area contributed by atoms with Crippen LogP contribution in [-0.2, 0) is 9.53 Å². The lowest BCUT2D eigenvalue weighted by Crippen LogP contribution is -2.36. The van der Waals surface area contributed by atoms with Crippen molar-refractivity contribution in [3.63, 3.8) is 0 Å². The van der Waals surface area contributed by atoms with Gasteiger partial charge in [-0.1, -0.05) is 12.1 Å². The van der Waals surface area contributed by atoms with E-state index in [1.54, 1.807) is 11.0 Å². The summed E-state index contributed by atoms with van der Waals surface area (Å²) in [7, 11) is 0. The highest BCUT2D eigenvalue weighted by Crippen LogP contribution is 2.26. The minimum Gasteiger partial charge on any atom is -0.378 e. The molecular formula is C21H23N3O3. The van der Waals surface area contributed by atoms with Crippen LogP contribution in [-0.4, -0.2) is 44.7 Å². The molecule has 2 aromatic rings. The molecule has 2 amide bonds. The number of rotatable bonds is 4. The average Bonchev–Trinajstić information content (AvgIpc) is 3.15. The molecule has 0 aromatic heterocycles. The molecule has 2 saturated heterocycles. The smallest absolute Gasteiger partial charge is 0.257 e. The lowest BCUT2D eigenvalue weighted by atomic mass is 10.1. The van der Waals surface area contributed by atoms with E-state index in [1.165, 1.54) is 0 Å². The number of ether oxygens (including phenoxy) is 1. The fraction of sp³-hybridized carbons (Fsp3) is 0.333. The molecule has 6 nitrogen and oxygen atoms in total. The van der Waals surface area contributed by atoms with E-state index in [9.17, 15) is 9.59 Å². The molecule has 6 heteroatoms. The van der Waals surface area contributed by atoms with Crippen molar-refractivity contribution in [2.24, 2.45) is 0 Å². The van der Waals surface area contributed by atoms with Crippen LogP contribution in [0.1, 0.15) is 23.2 Å². The van der Waals surface area contributed by atoms with Gasteiger partial charge >= 0.3 is 0 Å². The van der Waals surface area contributed by atoms with E-state index in [0.717, 1.165) is 44.1 Å². The number of carbonyl (C=O) groups excluding carboxylic acids is 2. The highest BCUT2D eigenvalue weighted by molar-refractivity contribution is 6.11. The van der Waals surface area contributed by atoms with Gasteiger partial charge in [0, 0.05) is 37.4 Å². The first-order valence-electron chi connectivity index (χ1n) is 9.36. The molecule has 2 aliphatic heterocycles. The van der Waals surface area contributed by atoms with Gasteiger partial charge in [-0.2, -0.15) is 0 Å². The number of benzene rings is 2. The van der Waals surface area contributed by atoms with Crippen molar-refractivity contribution in [2.75, 3.05) is 48.0 Å². The molecule has 0 unspecified atom stereocenters. The summed E-state index contributed by atoms with van der Waals surface area (Å²) in [5, 5.41) is 2.95. The van der Waals surface area contributed by atoms with Crippen LogP contribution in [0.5, 0.6) is 0 Å². The van der Waals surface area contributed by atoms with Crippen LogP contribution in [0.25, 0.3) is 0 Å². The quantitative estimate of drug-likeness (QED) is 0.905. The minimum absolute atomic E-state index is 0.0742. The third kappa shape index (κ3) is 3.80. The Hall–Kier alpha value is -2.86. The van der Waals surface area contributed by atoms with E-state index in [0.29, 0.717) is 24.2 Å². The zero-order valence-corrected chi connectivity index (χ0v) is 15.2. The van der Waals surface area contributed by atoms with Crippen LogP contribution >= 0.6 is 0 Å². The second-order valence-corrected chi connectivity index (χ2v) is 6.77. The number of anilines is 3. The molecule has 2 aromatic carbocycles. The molecule has 0 aliphatic carbocycles. The molecule has 2 fully saturated rings. The Morgan fingerprint density at radius 1 is 0.963 bits per heavy atom. The standard InChI is InChI=1S/C21H23N3O3/c25-20-6-3-11-24(20)19-5-2-1-4-18(19)21(26)22-16-7-9-17(10-8-16)23-12-14-27-15-13-23/h1-2,4-5,7-10H,3,6,11-15H2,(H,22,26). The van der Waals surface area contributed by atoms with Gasteiger partial charge in [-0.05, 0) is 42.8 Å². The van der Waals surface area contributed by atoms with Gasteiger partial charge < -0.3 is 19.9 Å². The van der Waals surface area contributed by atoms with Gasteiger partial charge in [0.1, 0.15) is 0 Å². The zero-order valence-electron chi connectivity index (χ0n) is 15.2. The molecule has 0 saturated carbocycles. The second kappa shape index (κ2) is 7.80. The summed E-state index contributed by atoms with van der Waals surface area (Å²) in [5.74, 6) is -0.130. The SMILES string of the molecule is O=C(Nc1ccc(N2CCOCC2)cc1)c1ccccc1N1CCCC1=O. The molecule has 1 N–H and O–H groups in total. The zero-order chi connectivity index (χ0) is 18.6. The molecule has 140 valence electrons. The van der Waals surface area contributed by atoms with E-state index in [1.807, 2.05) is 42.5 Å². The number of hydrogen-bond acceptors (Lipinski definition) is 4. The van der Waals surface area contributed by atoms with Crippen molar-refractivity contribution in [3.05, 3.63) is 54.1 Å². The first-order valence-corrected chi connectivity index (χ1v) is 9.36. The maximum atomic E-state index is 12.8. The summed E-state index contributed by atoms with van der Waals surface area (Å²) in [5.41, 5.74) is 3.06. The molecule has 0 spiro atoms. The third-order valence-electron chi connectivity index (χ3n) is 5.01. The molecule has 4 rings (SSSR count). The van der Waals surface area contributed by atoms with Crippen molar-refractivity contribution >= 4 is 28.9 Å². The molecule has 27 heavy (non-hydrogen) atoms. The van der Waals surface area contributed by atoms with Crippen molar-refractivity contribution in [1.82, 2.24) is 0 Å². The summed E-state index contributed by atoms with van der Waals surface area (Å²) in [6, 6.07) is 15.1. The molecule has 2 aliphatic rings. The molecule has 2 heterocycles. The summed E-state index contributed by atoms with van der Waals surface area (Å²) < 4.78 is 5.38. The molecule has 0 radical (unpaired) electrons. The van der Waals surface area contributed by atoms with Crippen molar-refractivity contribution in [2.45, 2.75) is 12.8 Å². The molecule has 0 bridgehead atoms. The summed E-state index contributed by atoms with van der Waals surface area (Å²) in [4.78, 5) is 28.9. The molecular weight excluding hydrogens is 342 g/mol. The Bertz CT molecular complexity index is 829. The van der Waals surface area contributed by atoms with Crippen LogP contribution in [0.15, 0.2) is 48.5 Å². The van der Waals surface area contributed by atoms with Gasteiger partial charge in [0.25, 0.3) is 5.91 Å². The lowest BCUT2D eigenvalue weighted by Gasteiger charge is -2.28. The maximum absolute atomic E-state index is 12.8. The third-order valence-corrected chi connectivity index (χ3v) is 5.01. The predicted octanol–water partition coefficient (Wildman–Crippen LogP) is 2.90. The first kappa shape index (κ1) is 17.5. The Morgan fingerprint density at radius 2 is 1.70 bits per heavy atom. The van der Waals surface area contributed by atoms with E-state index >= 15 is 0 Å². The largest absolute Gasteiger partial charge is 0.378 e. The number of nitrogens with one attached hydrogen (secondary N) is 1. The van der Waals surface area contributed by atoms with E-state index in [4.69, 9.17) is 4.74 Å².